The molecule has 0 saturated carbocycles. The van der Waals surface area contributed by atoms with E-state index in [1.807, 2.05) is 0 Å². The van der Waals surface area contributed by atoms with Crippen molar-refractivity contribution < 1.29 is 23.1 Å². The SMILES string of the molecule is CSC(=O)C1=CC(C(=O)O)=NS1(=O)=O. The largest absolute Gasteiger partial charge is 0.476 e. The topological polar surface area (TPSA) is 101 Å². The van der Waals surface area contributed by atoms with Gasteiger partial charge in [-0.2, -0.15) is 12.8 Å². The van der Waals surface area contributed by atoms with Crippen molar-refractivity contribution in [1.29, 1.82) is 0 Å². The minimum Gasteiger partial charge on any atom is -0.476 e. The van der Waals surface area contributed by atoms with Crippen LogP contribution in [0.5, 0.6) is 0 Å². The standard InChI is InChI=1S/C6H5NO5S2/c1-13-6(10)4-2-3(5(8)9)7-14(4,11)12/h2H,1H3,(H,8,9). The minimum absolute atomic E-state index is 0.581. The van der Waals surface area contributed by atoms with Gasteiger partial charge < -0.3 is 5.11 Å². The van der Waals surface area contributed by atoms with E-state index >= 15 is 0 Å². The van der Waals surface area contributed by atoms with E-state index in [2.05, 4.69) is 4.40 Å². The van der Waals surface area contributed by atoms with Crippen molar-refractivity contribution in [1.82, 2.24) is 0 Å². The average molecular weight is 235 g/mol. The van der Waals surface area contributed by atoms with Gasteiger partial charge in [-0.1, -0.05) is 11.8 Å². The summed E-state index contributed by atoms with van der Waals surface area (Å²) in [6, 6.07) is 0. The van der Waals surface area contributed by atoms with E-state index in [4.69, 9.17) is 5.11 Å². The summed E-state index contributed by atoms with van der Waals surface area (Å²) in [6.07, 6.45) is 2.16. The Morgan fingerprint density at radius 2 is 2.07 bits per heavy atom. The van der Waals surface area contributed by atoms with Crippen LogP contribution in [0, 0.1) is 0 Å². The van der Waals surface area contributed by atoms with Crippen molar-refractivity contribution in [2.75, 3.05) is 6.26 Å². The molecule has 0 amide bonds. The zero-order chi connectivity index (χ0) is 10.9. The number of rotatable bonds is 2. The monoisotopic (exact) mass is 235 g/mol. The van der Waals surface area contributed by atoms with Gasteiger partial charge in [0, 0.05) is 0 Å². The zero-order valence-electron chi connectivity index (χ0n) is 6.92. The Labute approximate surface area is 83.8 Å². The molecular formula is C6H5NO5S2. The number of aliphatic carboxylic acids is 1. The summed E-state index contributed by atoms with van der Waals surface area (Å²) < 4.78 is 25.2. The third kappa shape index (κ3) is 1.85. The molecule has 76 valence electrons. The van der Waals surface area contributed by atoms with Crippen LogP contribution in [-0.4, -0.2) is 36.6 Å². The number of carbonyl (C=O) groups excluding carboxylic acids is 1. The first-order valence-electron chi connectivity index (χ1n) is 3.27. The quantitative estimate of drug-likeness (QED) is 0.700. The molecule has 0 saturated heterocycles. The van der Waals surface area contributed by atoms with Gasteiger partial charge in [0.15, 0.2) is 5.71 Å². The Morgan fingerprint density at radius 1 is 1.50 bits per heavy atom. The molecule has 0 aromatic carbocycles. The van der Waals surface area contributed by atoms with Crippen LogP contribution in [0.4, 0.5) is 0 Å². The fraction of sp³-hybridized carbons (Fsp3) is 0.167. The minimum atomic E-state index is -4.09. The Morgan fingerprint density at radius 3 is 2.43 bits per heavy atom. The Balaban J connectivity index is 3.21. The number of nitrogens with zero attached hydrogens (tertiary/aromatic N) is 1. The molecule has 1 heterocycles. The molecule has 0 fully saturated rings. The summed E-state index contributed by atoms with van der Waals surface area (Å²) in [5.41, 5.74) is -0.637. The smallest absolute Gasteiger partial charge is 0.355 e. The van der Waals surface area contributed by atoms with Crippen LogP contribution in [0.2, 0.25) is 0 Å². The molecule has 0 aromatic heterocycles. The molecule has 1 N–H and O–H groups in total. The third-order valence-corrected chi connectivity index (χ3v) is 3.39. The normalized spacial score (nSPS) is 18.6. The van der Waals surface area contributed by atoms with Crippen LogP contribution >= 0.6 is 11.8 Å². The second kappa shape index (κ2) is 3.54. The first kappa shape index (κ1) is 10.9. The molecule has 14 heavy (non-hydrogen) atoms. The van der Waals surface area contributed by atoms with Crippen LogP contribution in [-0.2, 0) is 19.6 Å². The molecule has 0 radical (unpaired) electrons. The van der Waals surface area contributed by atoms with Crippen molar-refractivity contribution in [2.24, 2.45) is 4.40 Å². The summed E-state index contributed by atoms with van der Waals surface area (Å²) in [5, 5.41) is 7.74. The van der Waals surface area contributed by atoms with Crippen LogP contribution in [0.25, 0.3) is 0 Å². The van der Waals surface area contributed by atoms with Crippen LogP contribution < -0.4 is 0 Å². The van der Waals surface area contributed by atoms with E-state index in [1.54, 1.807) is 0 Å². The lowest BCUT2D eigenvalue weighted by Crippen LogP contribution is -2.07. The summed E-state index contributed by atoms with van der Waals surface area (Å²) in [7, 11) is -4.09. The maximum absolute atomic E-state index is 11.1. The number of carbonyl (C=O) groups is 2. The second-order valence-corrected chi connectivity index (χ2v) is 4.61. The van der Waals surface area contributed by atoms with Crippen LogP contribution in [0.15, 0.2) is 15.4 Å². The molecule has 0 unspecified atom stereocenters. The van der Waals surface area contributed by atoms with Gasteiger partial charge >= 0.3 is 5.97 Å². The lowest BCUT2D eigenvalue weighted by molar-refractivity contribution is -0.129. The summed E-state index contributed by atoms with van der Waals surface area (Å²) in [6.45, 7) is 0. The molecule has 0 aromatic rings. The molecule has 0 bridgehead atoms. The fourth-order valence-corrected chi connectivity index (χ4v) is 2.55. The predicted octanol–water partition coefficient (Wildman–Crippen LogP) is -0.371. The molecule has 1 rings (SSSR count). The molecule has 0 spiro atoms. The maximum atomic E-state index is 11.1. The number of carboxylic acids is 1. The lowest BCUT2D eigenvalue weighted by atomic mass is 10.3. The molecule has 0 atom stereocenters. The Bertz CT molecular complexity index is 459. The van der Waals surface area contributed by atoms with Crippen molar-refractivity contribution in [3.8, 4) is 0 Å². The van der Waals surface area contributed by atoms with E-state index in [1.165, 1.54) is 6.26 Å². The lowest BCUT2D eigenvalue weighted by Gasteiger charge is -1.93. The highest BCUT2D eigenvalue weighted by Gasteiger charge is 2.32. The first-order chi connectivity index (χ1) is 6.38. The van der Waals surface area contributed by atoms with Crippen molar-refractivity contribution in [2.45, 2.75) is 0 Å². The number of thioether (sulfide) groups is 1. The molecule has 8 heteroatoms. The summed E-state index contributed by atoms with van der Waals surface area (Å²) in [5.74, 6) is -1.47. The molecule has 6 nitrogen and oxygen atoms in total. The fourth-order valence-electron chi connectivity index (χ4n) is 0.769. The van der Waals surface area contributed by atoms with Gasteiger partial charge in [0.1, 0.15) is 4.91 Å². The van der Waals surface area contributed by atoms with E-state index in [-0.39, 0.29) is 0 Å². The average Bonchev–Trinajstić information content (AvgIpc) is 2.40. The number of carboxylic acid groups (broad SMARTS) is 1. The van der Waals surface area contributed by atoms with Gasteiger partial charge in [-0.3, -0.25) is 4.79 Å². The number of hydrogen-bond acceptors (Lipinski definition) is 5. The third-order valence-electron chi connectivity index (χ3n) is 1.37. The van der Waals surface area contributed by atoms with Gasteiger partial charge in [0.05, 0.1) is 0 Å². The van der Waals surface area contributed by atoms with E-state index < -0.39 is 31.7 Å². The van der Waals surface area contributed by atoms with Crippen LogP contribution in [0.1, 0.15) is 0 Å². The molecular weight excluding hydrogens is 230 g/mol. The van der Waals surface area contributed by atoms with Gasteiger partial charge in [-0.15, -0.1) is 0 Å². The molecule has 0 aliphatic carbocycles. The second-order valence-electron chi connectivity index (χ2n) is 2.26. The maximum Gasteiger partial charge on any atom is 0.355 e. The van der Waals surface area contributed by atoms with E-state index in [0.29, 0.717) is 11.8 Å². The summed E-state index contributed by atoms with van der Waals surface area (Å²) >= 11 is 0.685. The molecule has 1 aliphatic rings. The van der Waals surface area contributed by atoms with Gasteiger partial charge in [-0.25, -0.2) is 4.79 Å². The summed E-state index contributed by atoms with van der Waals surface area (Å²) in [4.78, 5) is 20.9. The van der Waals surface area contributed by atoms with Crippen molar-refractivity contribution in [3.05, 3.63) is 11.0 Å². The van der Waals surface area contributed by atoms with Crippen molar-refractivity contribution in [3.63, 3.8) is 0 Å². The molecule has 1 aliphatic heterocycles. The van der Waals surface area contributed by atoms with Gasteiger partial charge in [0.2, 0.25) is 5.12 Å². The number of sulfonamides is 1. The Hall–Kier alpha value is -1.15. The van der Waals surface area contributed by atoms with Crippen LogP contribution in [0.3, 0.4) is 0 Å². The highest BCUT2D eigenvalue weighted by Crippen LogP contribution is 2.21. The van der Waals surface area contributed by atoms with Gasteiger partial charge in [0.25, 0.3) is 10.0 Å². The zero-order valence-corrected chi connectivity index (χ0v) is 8.55. The number of hydrogen-bond donors (Lipinski definition) is 1. The first-order valence-corrected chi connectivity index (χ1v) is 5.93. The van der Waals surface area contributed by atoms with Gasteiger partial charge in [-0.05, 0) is 12.3 Å². The van der Waals surface area contributed by atoms with E-state index in [9.17, 15) is 18.0 Å². The Kier molecular flexibility index (Phi) is 2.76. The van der Waals surface area contributed by atoms with Crippen molar-refractivity contribution >= 4 is 38.6 Å². The van der Waals surface area contributed by atoms with E-state index in [0.717, 1.165) is 6.08 Å². The highest BCUT2D eigenvalue weighted by molar-refractivity contribution is 8.15. The highest BCUT2D eigenvalue weighted by atomic mass is 32.2. The predicted molar refractivity (Wildman–Crippen MR) is 50.6 cm³/mol.